The van der Waals surface area contributed by atoms with Gasteiger partial charge >= 0.3 is 0 Å². The molecule has 0 aromatic heterocycles. The fraction of sp³-hybridized carbons (Fsp3) is 0.462. The van der Waals surface area contributed by atoms with Gasteiger partial charge in [0.15, 0.2) is 5.11 Å². The van der Waals surface area contributed by atoms with Crippen LogP contribution in [-0.2, 0) is 0 Å². The first-order chi connectivity index (χ1) is 9.60. The van der Waals surface area contributed by atoms with Gasteiger partial charge in [-0.1, -0.05) is 11.6 Å². The van der Waals surface area contributed by atoms with E-state index in [0.717, 1.165) is 32.7 Å². The van der Waals surface area contributed by atoms with Crippen LogP contribution >= 0.6 is 23.8 Å². The third-order valence-corrected chi connectivity index (χ3v) is 4.04. The fourth-order valence-corrected chi connectivity index (χ4v) is 2.69. The lowest BCUT2D eigenvalue weighted by Gasteiger charge is -2.33. The van der Waals surface area contributed by atoms with Gasteiger partial charge < -0.3 is 20.2 Å². The monoisotopic (exact) mass is 318 g/mol. The number of nitrogens with one attached hydrogen (secondary N) is 2. The normalized spacial score (nSPS) is 16.2. The maximum atomic E-state index is 13.1. The molecule has 1 aromatic rings. The number of quaternary nitrogens is 1. The number of nitrogens with zero attached hydrogens (tertiary/aromatic N) is 1. The minimum absolute atomic E-state index is 0.0787. The summed E-state index contributed by atoms with van der Waals surface area (Å²) in [4.78, 5) is 3.46. The molecule has 1 heterocycles. The molecular weight excluding hydrogens is 301 g/mol. The number of rotatable bonds is 3. The van der Waals surface area contributed by atoms with Crippen LogP contribution in [-0.4, -0.2) is 54.4 Å². The summed E-state index contributed by atoms with van der Waals surface area (Å²) >= 11 is 11.1. The second-order valence-electron chi connectivity index (χ2n) is 4.77. The number of hydrogen-bond donors (Lipinski definition) is 3. The van der Waals surface area contributed by atoms with Gasteiger partial charge in [-0.2, -0.15) is 0 Å². The third-order valence-electron chi connectivity index (χ3n) is 3.39. The first-order valence-electron chi connectivity index (χ1n) is 6.55. The number of piperazine rings is 1. The highest BCUT2D eigenvalue weighted by molar-refractivity contribution is 7.80. The summed E-state index contributed by atoms with van der Waals surface area (Å²) in [6.07, 6.45) is 0. The molecule has 1 aliphatic rings. The smallest absolute Gasteiger partial charge is 0.173 e. The van der Waals surface area contributed by atoms with Gasteiger partial charge in [-0.25, -0.2) is 4.39 Å². The summed E-state index contributed by atoms with van der Waals surface area (Å²) in [6.45, 7) is 4.58. The first-order valence-corrected chi connectivity index (χ1v) is 7.34. The molecule has 4 nitrogen and oxygen atoms in total. The van der Waals surface area contributed by atoms with Gasteiger partial charge in [0.05, 0.1) is 37.8 Å². The van der Waals surface area contributed by atoms with Crippen molar-refractivity contribution in [2.75, 3.05) is 44.6 Å². The summed E-state index contributed by atoms with van der Waals surface area (Å²) in [7, 11) is 0. The average molecular weight is 319 g/mol. The Morgan fingerprint density at radius 1 is 1.45 bits per heavy atom. The molecule has 1 aliphatic heterocycles. The van der Waals surface area contributed by atoms with Crippen molar-refractivity contribution in [2.24, 2.45) is 0 Å². The number of thiocarbonyl (C=S) groups is 1. The Morgan fingerprint density at radius 2 is 2.15 bits per heavy atom. The summed E-state index contributed by atoms with van der Waals surface area (Å²) in [5, 5.41) is 12.7. The van der Waals surface area contributed by atoms with Crippen molar-refractivity contribution >= 4 is 34.6 Å². The van der Waals surface area contributed by atoms with Crippen molar-refractivity contribution in [3.63, 3.8) is 0 Å². The molecule has 2 rings (SSSR count). The summed E-state index contributed by atoms with van der Waals surface area (Å²) in [5.41, 5.74) is 0.687. The highest BCUT2D eigenvalue weighted by Crippen LogP contribution is 2.19. The van der Waals surface area contributed by atoms with E-state index in [9.17, 15) is 4.39 Å². The van der Waals surface area contributed by atoms with E-state index in [1.807, 2.05) is 0 Å². The molecule has 0 radical (unpaired) electrons. The lowest BCUT2D eigenvalue weighted by Crippen LogP contribution is -3.15. The molecule has 0 amide bonds. The second-order valence-corrected chi connectivity index (χ2v) is 5.56. The Kier molecular flexibility index (Phi) is 5.54. The van der Waals surface area contributed by atoms with Crippen LogP contribution in [0, 0.1) is 5.82 Å². The molecule has 7 heteroatoms. The lowest BCUT2D eigenvalue weighted by molar-refractivity contribution is -0.904. The Bertz CT molecular complexity index is 481. The van der Waals surface area contributed by atoms with E-state index in [4.69, 9.17) is 28.9 Å². The van der Waals surface area contributed by atoms with Gasteiger partial charge in [0.25, 0.3) is 0 Å². The fourth-order valence-electron chi connectivity index (χ4n) is 2.21. The van der Waals surface area contributed by atoms with Gasteiger partial charge in [-0.05, 0) is 30.4 Å². The summed E-state index contributed by atoms with van der Waals surface area (Å²) in [6, 6.07) is 4.45. The van der Waals surface area contributed by atoms with Crippen molar-refractivity contribution < 1.29 is 14.4 Å². The molecule has 0 saturated carbocycles. The van der Waals surface area contributed by atoms with Crippen LogP contribution in [0.5, 0.6) is 0 Å². The highest BCUT2D eigenvalue weighted by Gasteiger charge is 2.21. The standard InChI is InChI=1S/C13H17ClFN3OS/c14-11-9-10(1-2-12(11)15)16-13(20)18-5-3-17(4-6-18)7-8-19/h1-2,9,19H,3-8H2,(H,16,20)/p+1. The van der Waals surface area contributed by atoms with Crippen LogP contribution < -0.4 is 10.2 Å². The molecule has 0 aliphatic carbocycles. The quantitative estimate of drug-likeness (QED) is 0.704. The predicted octanol–water partition coefficient (Wildman–Crippen LogP) is 0.369. The molecule has 1 saturated heterocycles. The molecule has 1 fully saturated rings. The number of benzene rings is 1. The van der Waals surface area contributed by atoms with Crippen LogP contribution in [0.1, 0.15) is 0 Å². The molecule has 110 valence electrons. The molecule has 20 heavy (non-hydrogen) atoms. The van der Waals surface area contributed by atoms with Gasteiger partial charge in [0.2, 0.25) is 0 Å². The largest absolute Gasteiger partial charge is 0.391 e. The Morgan fingerprint density at radius 3 is 2.75 bits per heavy atom. The third kappa shape index (κ3) is 4.02. The average Bonchev–Trinajstić information content (AvgIpc) is 2.44. The zero-order chi connectivity index (χ0) is 14.5. The van der Waals surface area contributed by atoms with E-state index in [1.165, 1.54) is 17.0 Å². The van der Waals surface area contributed by atoms with E-state index >= 15 is 0 Å². The Hall–Kier alpha value is -0.950. The molecule has 1 aromatic carbocycles. The van der Waals surface area contributed by atoms with Gasteiger partial charge in [0.1, 0.15) is 12.4 Å². The molecule has 3 N–H and O–H groups in total. The zero-order valence-corrected chi connectivity index (χ0v) is 12.6. The second kappa shape index (κ2) is 7.17. The summed E-state index contributed by atoms with van der Waals surface area (Å²) in [5.74, 6) is -0.440. The van der Waals surface area contributed by atoms with Crippen LogP contribution in [0.25, 0.3) is 0 Å². The highest BCUT2D eigenvalue weighted by atomic mass is 35.5. The molecule has 0 bridgehead atoms. The lowest BCUT2D eigenvalue weighted by atomic mass is 10.3. The number of anilines is 1. The van der Waals surface area contributed by atoms with Crippen molar-refractivity contribution in [1.82, 2.24) is 4.90 Å². The number of hydrogen-bond acceptors (Lipinski definition) is 2. The Balaban J connectivity index is 1.88. The van der Waals surface area contributed by atoms with Crippen LogP contribution in [0.4, 0.5) is 10.1 Å². The maximum absolute atomic E-state index is 13.1. The van der Waals surface area contributed by atoms with Crippen molar-refractivity contribution in [2.45, 2.75) is 0 Å². The SMILES string of the molecule is OCC[NH+]1CCN(C(=S)Nc2ccc(F)c(Cl)c2)CC1. The first kappa shape index (κ1) is 15.4. The van der Waals surface area contributed by atoms with Crippen LogP contribution in [0.3, 0.4) is 0 Å². The van der Waals surface area contributed by atoms with Crippen LogP contribution in [0.15, 0.2) is 18.2 Å². The molecule has 0 spiro atoms. The maximum Gasteiger partial charge on any atom is 0.173 e. The number of aliphatic hydroxyl groups is 1. The topological polar surface area (TPSA) is 39.9 Å². The zero-order valence-electron chi connectivity index (χ0n) is 11.0. The van der Waals surface area contributed by atoms with E-state index in [0.29, 0.717) is 10.8 Å². The molecular formula is C13H18ClFN3OS+. The van der Waals surface area contributed by atoms with E-state index in [-0.39, 0.29) is 11.6 Å². The molecule has 0 unspecified atom stereocenters. The van der Waals surface area contributed by atoms with Gasteiger partial charge in [0, 0.05) is 5.69 Å². The number of halogens is 2. The van der Waals surface area contributed by atoms with E-state index < -0.39 is 5.82 Å². The summed E-state index contributed by atoms with van der Waals surface area (Å²) < 4.78 is 13.1. The Labute approximate surface area is 128 Å². The van der Waals surface area contributed by atoms with E-state index in [1.54, 1.807) is 6.07 Å². The molecule has 0 atom stereocenters. The van der Waals surface area contributed by atoms with Crippen molar-refractivity contribution in [1.29, 1.82) is 0 Å². The van der Waals surface area contributed by atoms with E-state index in [2.05, 4.69) is 10.2 Å². The van der Waals surface area contributed by atoms with Crippen LogP contribution in [0.2, 0.25) is 5.02 Å². The minimum atomic E-state index is -0.440. The van der Waals surface area contributed by atoms with Crippen molar-refractivity contribution in [3.05, 3.63) is 29.0 Å². The number of aliphatic hydroxyl groups excluding tert-OH is 1. The predicted molar refractivity (Wildman–Crippen MR) is 81.9 cm³/mol. The van der Waals surface area contributed by atoms with Gasteiger partial charge in [-0.3, -0.25) is 0 Å². The van der Waals surface area contributed by atoms with Crippen molar-refractivity contribution in [3.8, 4) is 0 Å². The van der Waals surface area contributed by atoms with Gasteiger partial charge in [-0.15, -0.1) is 0 Å². The minimum Gasteiger partial charge on any atom is -0.391 e.